The van der Waals surface area contributed by atoms with Crippen molar-refractivity contribution in [2.45, 2.75) is 74.4 Å². The molecule has 0 aliphatic heterocycles. The van der Waals surface area contributed by atoms with Crippen LogP contribution in [0.1, 0.15) is 58.7 Å². The molecule has 0 aliphatic rings. The Morgan fingerprint density at radius 3 is 1.62 bits per heavy atom. The van der Waals surface area contributed by atoms with E-state index in [1.54, 1.807) is 0 Å². The zero-order valence-corrected chi connectivity index (χ0v) is 33.5. The van der Waals surface area contributed by atoms with Crippen molar-refractivity contribution in [3.8, 4) is 22.3 Å². The molecule has 0 N–H and O–H groups in total. The van der Waals surface area contributed by atoms with Crippen LogP contribution >= 0.6 is 17.0 Å². The molecule has 0 nitrogen and oxygen atoms in total. The molecule has 0 amide bonds. The summed E-state index contributed by atoms with van der Waals surface area (Å²) >= 11 is -0.826. The fourth-order valence-corrected chi connectivity index (χ4v) is 5.74. The first kappa shape index (κ1) is 37.2. The first-order valence-corrected chi connectivity index (χ1v) is 23.9. The normalized spacial score (nSPS) is 10.4. The first-order valence-electron chi connectivity index (χ1n) is 15.5. The predicted octanol–water partition coefficient (Wildman–Crippen LogP) is 13.6. The fourth-order valence-electron chi connectivity index (χ4n) is 5.74. The van der Waals surface area contributed by atoms with E-state index in [4.69, 9.17) is 17.0 Å². The molecule has 45 heavy (non-hydrogen) atoms. The molecule has 0 unspecified atom stereocenters. The molecule has 0 fully saturated rings. The van der Waals surface area contributed by atoms with Gasteiger partial charge in [0.2, 0.25) is 0 Å². The van der Waals surface area contributed by atoms with Gasteiger partial charge in [-0.1, -0.05) is 100 Å². The van der Waals surface area contributed by atoms with Crippen LogP contribution in [-0.2, 0) is 20.8 Å². The average molecular weight is 729 g/mol. The average Bonchev–Trinajstić information content (AvgIpc) is 3.62. The number of hydrogen-bond acceptors (Lipinski definition) is 0. The number of aryl methyl sites for hydroxylation is 4. The molecular weight excluding hydrogens is 683 g/mol. The summed E-state index contributed by atoms with van der Waals surface area (Å²) in [5.74, 6) is 0.578. The van der Waals surface area contributed by atoms with Crippen LogP contribution in [-0.4, -0.2) is 9.52 Å². The number of halogens is 2. The van der Waals surface area contributed by atoms with E-state index in [9.17, 15) is 0 Å². The minimum atomic E-state index is -0.826. The van der Waals surface area contributed by atoms with E-state index in [0.29, 0.717) is 5.92 Å². The van der Waals surface area contributed by atoms with Crippen LogP contribution in [0.5, 0.6) is 0 Å². The standard InChI is InChI=1S/C20H21.C19H19.C2H6Si.2ClH.Zr/c1-13(2)17-11-16-8-6-10-19(20(16)12-17)18-9-5-7-14(3)15(18)4;1-12-10-18-14(3)8-9-17(19(18)11-12)16-7-5-6-13(2)15(16)4;1-3-2;;;/h5-13H,1-4H3;5-11H,1-4H3;1-2H3;2*1H;/q2*-1;;;;+4/p-2. The van der Waals surface area contributed by atoms with Crippen molar-refractivity contribution in [2.24, 2.45) is 0 Å². The first-order chi connectivity index (χ1) is 21.5. The van der Waals surface area contributed by atoms with Crippen molar-refractivity contribution in [1.29, 1.82) is 0 Å². The van der Waals surface area contributed by atoms with Crippen molar-refractivity contribution >= 4 is 48.1 Å². The van der Waals surface area contributed by atoms with Gasteiger partial charge in [0.15, 0.2) is 0 Å². The molecule has 232 valence electrons. The molecule has 0 aliphatic carbocycles. The van der Waals surface area contributed by atoms with Crippen molar-refractivity contribution < 1.29 is 20.8 Å². The second kappa shape index (κ2) is 17.6. The Bertz CT molecular complexity index is 1840. The second-order valence-electron chi connectivity index (χ2n) is 12.1. The van der Waals surface area contributed by atoms with Crippen molar-refractivity contribution in [2.75, 3.05) is 0 Å². The van der Waals surface area contributed by atoms with Gasteiger partial charge in [0.05, 0.1) is 0 Å². The summed E-state index contributed by atoms with van der Waals surface area (Å²) in [6.45, 7) is 22.0. The van der Waals surface area contributed by atoms with Gasteiger partial charge in [0.1, 0.15) is 0 Å². The van der Waals surface area contributed by atoms with E-state index in [2.05, 4.69) is 159 Å². The molecule has 6 rings (SSSR count). The minimum absolute atomic E-state index is 0.578. The van der Waals surface area contributed by atoms with Crippen LogP contribution < -0.4 is 0 Å². The van der Waals surface area contributed by atoms with Gasteiger partial charge in [-0.15, -0.1) is 68.6 Å². The zero-order valence-electron chi connectivity index (χ0n) is 28.5. The molecule has 4 heteroatoms. The third-order valence-corrected chi connectivity index (χ3v) is 8.48. The van der Waals surface area contributed by atoms with Gasteiger partial charge in [-0.05, 0) is 67.0 Å². The Hall–Kier alpha value is -2.22. The molecule has 0 saturated carbocycles. The van der Waals surface area contributed by atoms with Crippen LogP contribution in [0.2, 0.25) is 13.1 Å². The second-order valence-corrected chi connectivity index (χ2v) is 16.8. The molecule has 0 spiro atoms. The van der Waals surface area contributed by atoms with Gasteiger partial charge in [-0.25, -0.2) is 0 Å². The molecule has 2 radical (unpaired) electrons. The monoisotopic (exact) mass is 726 g/mol. The maximum atomic E-state index is 4.93. The Labute approximate surface area is 293 Å². The van der Waals surface area contributed by atoms with Gasteiger partial charge >= 0.3 is 37.9 Å². The van der Waals surface area contributed by atoms with Crippen LogP contribution in [0.3, 0.4) is 0 Å². The van der Waals surface area contributed by atoms with Crippen LogP contribution in [0.15, 0.2) is 91.0 Å². The summed E-state index contributed by atoms with van der Waals surface area (Å²) in [6, 6.07) is 33.6. The van der Waals surface area contributed by atoms with Crippen molar-refractivity contribution in [1.82, 2.24) is 0 Å². The quantitative estimate of drug-likeness (QED) is 0.126. The van der Waals surface area contributed by atoms with E-state index in [1.807, 2.05) is 0 Å². The molecule has 0 aromatic heterocycles. The SMILES string of the molecule is C[Si]C.Cc1cc2c(-c3cccc(C)c3C)ccc(C)c2[cH-]1.Cc1cccc(-c2cccc3[cH-]c(C(C)C)cc23)c1C.[Cl][Zr+2][Cl]. The van der Waals surface area contributed by atoms with Crippen LogP contribution in [0.25, 0.3) is 43.8 Å². The van der Waals surface area contributed by atoms with Gasteiger partial charge in [0, 0.05) is 9.52 Å². The van der Waals surface area contributed by atoms with Crippen molar-refractivity contribution in [3.63, 3.8) is 0 Å². The molecule has 0 bridgehead atoms. The van der Waals surface area contributed by atoms with E-state index in [0.717, 1.165) is 9.52 Å². The van der Waals surface area contributed by atoms with E-state index >= 15 is 0 Å². The van der Waals surface area contributed by atoms with E-state index < -0.39 is 20.8 Å². The summed E-state index contributed by atoms with van der Waals surface area (Å²) in [5, 5.41) is 5.50. The summed E-state index contributed by atoms with van der Waals surface area (Å²) in [7, 11) is 11.0. The fraction of sp³-hybridized carbons (Fsp3) is 0.268. The summed E-state index contributed by atoms with van der Waals surface area (Å²) < 4.78 is 0. The van der Waals surface area contributed by atoms with E-state index in [1.165, 1.54) is 82.7 Å². The van der Waals surface area contributed by atoms with Crippen molar-refractivity contribution in [3.05, 3.63) is 130 Å². The third-order valence-electron chi connectivity index (χ3n) is 8.48. The molecule has 6 aromatic carbocycles. The summed E-state index contributed by atoms with van der Waals surface area (Å²) in [4.78, 5) is 0. The zero-order chi connectivity index (χ0) is 33.3. The van der Waals surface area contributed by atoms with Crippen LogP contribution in [0.4, 0.5) is 0 Å². The van der Waals surface area contributed by atoms with Gasteiger partial charge in [0.25, 0.3) is 0 Å². The number of hydrogen-bond donors (Lipinski definition) is 0. The topological polar surface area (TPSA) is 0 Å². The summed E-state index contributed by atoms with van der Waals surface area (Å²) in [5.41, 5.74) is 15.0. The number of fused-ring (bicyclic) bond motifs is 2. The molecule has 6 aromatic rings. The van der Waals surface area contributed by atoms with Gasteiger partial charge < -0.3 is 0 Å². The molecule has 0 heterocycles. The Morgan fingerprint density at radius 2 is 1.09 bits per heavy atom. The van der Waals surface area contributed by atoms with E-state index in [-0.39, 0.29) is 0 Å². The third kappa shape index (κ3) is 9.20. The predicted molar refractivity (Wildman–Crippen MR) is 202 cm³/mol. The molecular formula is C41H46Cl2SiZr. The van der Waals surface area contributed by atoms with Gasteiger partial charge in [-0.3, -0.25) is 0 Å². The summed E-state index contributed by atoms with van der Waals surface area (Å²) in [6.07, 6.45) is 0. The number of benzene rings is 4. The van der Waals surface area contributed by atoms with Gasteiger partial charge in [-0.2, -0.15) is 12.1 Å². The molecule has 0 atom stereocenters. The van der Waals surface area contributed by atoms with Crippen LogP contribution in [0, 0.1) is 41.5 Å². The Kier molecular flexibility index (Phi) is 14.6. The Balaban J connectivity index is 0.000000209. The molecule has 0 saturated heterocycles. The maximum absolute atomic E-state index is 4.93. The number of rotatable bonds is 3. The Morgan fingerprint density at radius 1 is 0.600 bits per heavy atom.